The Morgan fingerprint density at radius 1 is 0.933 bits per heavy atom. The van der Waals surface area contributed by atoms with Crippen LogP contribution in [0.5, 0.6) is 17.2 Å². The van der Waals surface area contributed by atoms with Crippen LogP contribution in [-0.2, 0) is 11.8 Å². The summed E-state index contributed by atoms with van der Waals surface area (Å²) in [5.41, 5.74) is 1.60. The van der Waals surface area contributed by atoms with Crippen molar-refractivity contribution >= 4 is 28.7 Å². The van der Waals surface area contributed by atoms with Gasteiger partial charge in [0, 0.05) is 19.4 Å². The van der Waals surface area contributed by atoms with Gasteiger partial charge in [0.1, 0.15) is 11.6 Å². The summed E-state index contributed by atoms with van der Waals surface area (Å²) in [4.78, 5) is 28.2. The number of aromatic nitrogens is 1. The van der Waals surface area contributed by atoms with Gasteiger partial charge in [0.2, 0.25) is 5.91 Å². The molecule has 1 amide bonds. The highest BCUT2D eigenvalue weighted by Crippen LogP contribution is 2.45. The molecule has 0 bridgehead atoms. The van der Waals surface area contributed by atoms with Gasteiger partial charge < -0.3 is 14.2 Å². The topological polar surface area (TPSA) is 70.0 Å². The maximum absolute atomic E-state index is 13.3. The standard InChI is InChI=1S/C22H22N2O5S/c1-23-21-20(30-22(23)26)16(13-5-10-17(28-3)18(11-13)29-4)12-19(25)24(21)14-6-8-15(27-2)9-7-14/h5-11,16H,12H2,1-4H3/t16-/m0/s1. The molecule has 0 aliphatic carbocycles. The second-order valence-electron chi connectivity index (χ2n) is 6.91. The number of carbonyl (C=O) groups excluding carboxylic acids is 1. The molecular formula is C22H22N2O5S. The van der Waals surface area contributed by atoms with Crippen LogP contribution in [0.3, 0.4) is 0 Å². The van der Waals surface area contributed by atoms with Crippen molar-refractivity contribution in [2.45, 2.75) is 12.3 Å². The molecule has 2 aromatic carbocycles. The lowest BCUT2D eigenvalue weighted by Crippen LogP contribution is -2.34. The maximum atomic E-state index is 13.3. The molecule has 1 aromatic heterocycles. The first-order chi connectivity index (χ1) is 14.5. The first kappa shape index (κ1) is 20.0. The van der Waals surface area contributed by atoms with Crippen molar-refractivity contribution in [2.75, 3.05) is 26.2 Å². The Morgan fingerprint density at radius 2 is 1.63 bits per heavy atom. The minimum Gasteiger partial charge on any atom is -0.497 e. The molecular weight excluding hydrogens is 404 g/mol. The minimum atomic E-state index is -0.235. The summed E-state index contributed by atoms with van der Waals surface area (Å²) in [5.74, 6) is 2.19. The first-order valence-corrected chi connectivity index (χ1v) is 10.2. The van der Waals surface area contributed by atoms with E-state index in [4.69, 9.17) is 14.2 Å². The van der Waals surface area contributed by atoms with E-state index in [1.807, 2.05) is 30.3 Å². The zero-order chi connectivity index (χ0) is 21.4. The number of methoxy groups -OCH3 is 3. The summed E-state index contributed by atoms with van der Waals surface area (Å²) in [7, 11) is 6.44. The fourth-order valence-corrected chi connectivity index (χ4v) is 4.85. The van der Waals surface area contributed by atoms with E-state index in [0.29, 0.717) is 28.8 Å². The molecule has 0 fully saturated rings. The normalized spacial score (nSPS) is 15.7. The van der Waals surface area contributed by atoms with Crippen LogP contribution in [0.15, 0.2) is 47.3 Å². The van der Waals surface area contributed by atoms with E-state index >= 15 is 0 Å². The SMILES string of the molecule is COc1ccc(N2C(=O)C[C@@H](c3ccc(OC)c(OC)c3)c3sc(=O)n(C)c32)cc1. The van der Waals surface area contributed by atoms with E-state index in [1.54, 1.807) is 45.4 Å². The highest BCUT2D eigenvalue weighted by Gasteiger charge is 2.37. The minimum absolute atomic E-state index is 0.0825. The van der Waals surface area contributed by atoms with Crippen LogP contribution in [0.2, 0.25) is 0 Å². The molecule has 3 aromatic rings. The van der Waals surface area contributed by atoms with Crippen molar-refractivity contribution in [3.05, 3.63) is 62.6 Å². The predicted octanol–water partition coefficient (Wildman–Crippen LogP) is 3.67. The lowest BCUT2D eigenvalue weighted by molar-refractivity contribution is -0.118. The summed E-state index contributed by atoms with van der Waals surface area (Å²) in [6.45, 7) is 0. The number of benzene rings is 2. The largest absolute Gasteiger partial charge is 0.497 e. The van der Waals surface area contributed by atoms with Crippen molar-refractivity contribution < 1.29 is 19.0 Å². The Labute approximate surface area is 178 Å². The number of amides is 1. The van der Waals surface area contributed by atoms with Gasteiger partial charge in [0.15, 0.2) is 11.5 Å². The second-order valence-corrected chi connectivity index (χ2v) is 7.91. The molecule has 1 atom stereocenters. The molecule has 156 valence electrons. The molecule has 0 saturated carbocycles. The van der Waals surface area contributed by atoms with E-state index in [9.17, 15) is 9.59 Å². The molecule has 7 nitrogen and oxygen atoms in total. The zero-order valence-corrected chi connectivity index (χ0v) is 18.0. The summed E-state index contributed by atoms with van der Waals surface area (Å²) in [6.07, 6.45) is 0.245. The van der Waals surface area contributed by atoms with Gasteiger partial charge in [0.25, 0.3) is 0 Å². The maximum Gasteiger partial charge on any atom is 0.308 e. The summed E-state index contributed by atoms with van der Waals surface area (Å²) in [5, 5.41) is 0. The fraction of sp³-hybridized carbons (Fsp3) is 0.273. The van der Waals surface area contributed by atoms with Crippen LogP contribution in [0.25, 0.3) is 0 Å². The van der Waals surface area contributed by atoms with Crippen molar-refractivity contribution in [1.82, 2.24) is 4.57 Å². The number of nitrogens with zero attached hydrogens (tertiary/aromatic N) is 2. The van der Waals surface area contributed by atoms with E-state index < -0.39 is 0 Å². The number of fused-ring (bicyclic) bond motifs is 1. The lowest BCUT2D eigenvalue weighted by Gasteiger charge is -2.32. The Morgan fingerprint density at radius 3 is 2.27 bits per heavy atom. The number of ether oxygens (including phenoxy) is 3. The molecule has 1 aliphatic rings. The predicted molar refractivity (Wildman–Crippen MR) is 116 cm³/mol. The van der Waals surface area contributed by atoms with E-state index in [0.717, 1.165) is 10.4 Å². The van der Waals surface area contributed by atoms with E-state index in [1.165, 1.54) is 15.9 Å². The van der Waals surface area contributed by atoms with Gasteiger partial charge in [-0.1, -0.05) is 17.4 Å². The molecule has 2 heterocycles. The molecule has 0 radical (unpaired) electrons. The van der Waals surface area contributed by atoms with Gasteiger partial charge in [-0.05, 0) is 42.0 Å². The van der Waals surface area contributed by atoms with Crippen LogP contribution in [-0.4, -0.2) is 31.8 Å². The molecule has 4 rings (SSSR count). The third kappa shape index (κ3) is 3.23. The summed E-state index contributed by atoms with van der Waals surface area (Å²) in [6, 6.07) is 12.8. The van der Waals surface area contributed by atoms with E-state index in [2.05, 4.69) is 0 Å². The number of thiazole rings is 1. The zero-order valence-electron chi connectivity index (χ0n) is 17.2. The van der Waals surface area contributed by atoms with Gasteiger partial charge in [-0.2, -0.15) is 0 Å². The Kier molecular flexibility index (Phi) is 5.26. The molecule has 30 heavy (non-hydrogen) atoms. The van der Waals surface area contributed by atoms with Crippen LogP contribution < -0.4 is 24.0 Å². The summed E-state index contributed by atoms with van der Waals surface area (Å²) >= 11 is 1.17. The van der Waals surface area contributed by atoms with Gasteiger partial charge in [-0.15, -0.1) is 0 Å². The van der Waals surface area contributed by atoms with Crippen molar-refractivity contribution in [3.8, 4) is 17.2 Å². The van der Waals surface area contributed by atoms with Crippen LogP contribution in [0.1, 0.15) is 22.8 Å². The van der Waals surface area contributed by atoms with E-state index in [-0.39, 0.29) is 23.1 Å². The number of anilines is 2. The average Bonchev–Trinajstić information content (AvgIpc) is 3.07. The monoisotopic (exact) mass is 426 g/mol. The van der Waals surface area contributed by atoms with Crippen LogP contribution >= 0.6 is 11.3 Å². The quantitative estimate of drug-likeness (QED) is 0.623. The Balaban J connectivity index is 1.84. The molecule has 8 heteroatoms. The molecule has 0 unspecified atom stereocenters. The molecule has 0 N–H and O–H groups in total. The van der Waals surface area contributed by atoms with Crippen molar-refractivity contribution in [3.63, 3.8) is 0 Å². The van der Waals surface area contributed by atoms with Crippen LogP contribution in [0, 0.1) is 0 Å². The van der Waals surface area contributed by atoms with Crippen molar-refractivity contribution in [2.24, 2.45) is 7.05 Å². The van der Waals surface area contributed by atoms with Gasteiger partial charge >= 0.3 is 4.87 Å². The Hall–Kier alpha value is -3.26. The lowest BCUT2D eigenvalue weighted by atomic mass is 9.90. The van der Waals surface area contributed by atoms with Crippen molar-refractivity contribution in [1.29, 1.82) is 0 Å². The van der Waals surface area contributed by atoms with Crippen LogP contribution in [0.4, 0.5) is 11.5 Å². The fourth-order valence-electron chi connectivity index (χ4n) is 3.76. The first-order valence-electron chi connectivity index (χ1n) is 9.37. The number of carbonyl (C=O) groups is 1. The smallest absolute Gasteiger partial charge is 0.308 e. The summed E-state index contributed by atoms with van der Waals surface area (Å²) < 4.78 is 17.5. The number of rotatable bonds is 5. The molecule has 1 aliphatic heterocycles. The highest BCUT2D eigenvalue weighted by atomic mass is 32.1. The molecule has 0 saturated heterocycles. The number of hydrogen-bond acceptors (Lipinski definition) is 6. The average molecular weight is 426 g/mol. The second kappa shape index (κ2) is 7.87. The number of hydrogen-bond donors (Lipinski definition) is 0. The van der Waals surface area contributed by atoms with Gasteiger partial charge in [-0.3, -0.25) is 19.1 Å². The third-order valence-electron chi connectivity index (χ3n) is 5.31. The highest BCUT2D eigenvalue weighted by molar-refractivity contribution is 7.10. The third-order valence-corrected chi connectivity index (χ3v) is 6.44. The Bertz CT molecular complexity index is 1150. The van der Waals surface area contributed by atoms with Gasteiger partial charge in [-0.25, -0.2) is 0 Å². The van der Waals surface area contributed by atoms with Gasteiger partial charge in [0.05, 0.1) is 31.9 Å². The molecule has 0 spiro atoms.